The Labute approximate surface area is 134 Å². The molecule has 0 unspecified atom stereocenters. The SMILES string of the molecule is CC(=O)C1=C(N=C(C)c2c(F)cccc2Cl)CC=CC(C)=C1. The smallest absolute Gasteiger partial charge is 0.161 e. The van der Waals surface area contributed by atoms with Gasteiger partial charge in [-0.3, -0.25) is 9.79 Å². The van der Waals surface area contributed by atoms with Gasteiger partial charge in [0.1, 0.15) is 5.82 Å². The Morgan fingerprint density at radius 3 is 2.68 bits per heavy atom. The minimum atomic E-state index is -0.422. The molecule has 2 rings (SSSR count). The van der Waals surface area contributed by atoms with Crippen LogP contribution in [0.15, 0.2) is 58.3 Å². The summed E-state index contributed by atoms with van der Waals surface area (Å²) in [5.41, 5.74) is 2.88. The van der Waals surface area contributed by atoms with Gasteiger partial charge in [0, 0.05) is 17.7 Å². The largest absolute Gasteiger partial charge is 0.294 e. The molecule has 0 heterocycles. The highest BCUT2D eigenvalue weighted by Gasteiger charge is 2.14. The number of aliphatic imine (C=N–C) groups is 1. The third-order valence-corrected chi connectivity index (χ3v) is 3.70. The summed E-state index contributed by atoms with van der Waals surface area (Å²) in [5.74, 6) is -0.483. The van der Waals surface area contributed by atoms with Crippen LogP contribution in [0.25, 0.3) is 0 Å². The number of halogens is 2. The number of hydrogen-bond donors (Lipinski definition) is 0. The average Bonchev–Trinajstić information content (AvgIpc) is 2.60. The summed E-state index contributed by atoms with van der Waals surface area (Å²) in [5, 5.41) is 0.308. The molecular weight excluding hydrogens is 301 g/mol. The third-order valence-electron chi connectivity index (χ3n) is 3.38. The second-order valence-electron chi connectivity index (χ2n) is 5.21. The van der Waals surface area contributed by atoms with Crippen LogP contribution >= 0.6 is 11.6 Å². The number of hydrogen-bond acceptors (Lipinski definition) is 2. The van der Waals surface area contributed by atoms with Crippen LogP contribution in [0, 0.1) is 5.82 Å². The topological polar surface area (TPSA) is 29.4 Å². The van der Waals surface area contributed by atoms with E-state index in [-0.39, 0.29) is 11.3 Å². The Bertz CT molecular complexity index is 721. The Kier molecular flexibility index (Phi) is 5.09. The number of carbonyl (C=O) groups excluding carboxylic acids is 1. The Balaban J connectivity index is 2.56. The molecule has 2 nitrogen and oxygen atoms in total. The molecule has 1 aliphatic rings. The Morgan fingerprint density at radius 2 is 2.05 bits per heavy atom. The fourth-order valence-electron chi connectivity index (χ4n) is 2.34. The lowest BCUT2D eigenvalue weighted by Gasteiger charge is -2.08. The van der Waals surface area contributed by atoms with Gasteiger partial charge in [-0.1, -0.05) is 35.4 Å². The number of allylic oxidation sites excluding steroid dienone is 5. The van der Waals surface area contributed by atoms with Crippen molar-refractivity contribution in [1.82, 2.24) is 0 Å². The summed E-state index contributed by atoms with van der Waals surface area (Å²) in [7, 11) is 0. The van der Waals surface area contributed by atoms with Crippen LogP contribution in [0.5, 0.6) is 0 Å². The molecule has 4 heteroatoms. The van der Waals surface area contributed by atoms with E-state index in [9.17, 15) is 9.18 Å². The molecule has 1 aromatic carbocycles. The van der Waals surface area contributed by atoms with Crippen molar-refractivity contribution in [1.29, 1.82) is 0 Å². The van der Waals surface area contributed by atoms with Crippen molar-refractivity contribution in [3.63, 3.8) is 0 Å². The summed E-state index contributed by atoms with van der Waals surface area (Å²) < 4.78 is 14.0. The highest BCUT2D eigenvalue weighted by atomic mass is 35.5. The van der Waals surface area contributed by atoms with E-state index in [4.69, 9.17) is 11.6 Å². The maximum absolute atomic E-state index is 14.0. The zero-order valence-electron chi connectivity index (χ0n) is 12.8. The van der Waals surface area contributed by atoms with Gasteiger partial charge in [0.15, 0.2) is 5.78 Å². The Morgan fingerprint density at radius 1 is 1.32 bits per heavy atom. The van der Waals surface area contributed by atoms with Crippen molar-refractivity contribution in [3.8, 4) is 0 Å². The molecule has 22 heavy (non-hydrogen) atoms. The lowest BCUT2D eigenvalue weighted by Crippen LogP contribution is -2.04. The van der Waals surface area contributed by atoms with Crippen molar-refractivity contribution >= 4 is 23.1 Å². The van der Waals surface area contributed by atoms with E-state index in [1.807, 2.05) is 19.1 Å². The van der Waals surface area contributed by atoms with Crippen molar-refractivity contribution in [3.05, 3.63) is 69.7 Å². The number of nitrogens with zero attached hydrogens (tertiary/aromatic N) is 1. The van der Waals surface area contributed by atoms with Crippen LogP contribution in [0.2, 0.25) is 5.02 Å². The first-order valence-electron chi connectivity index (χ1n) is 6.98. The summed E-state index contributed by atoms with van der Waals surface area (Å²) in [6, 6.07) is 4.52. The molecule has 0 bridgehead atoms. The number of benzene rings is 1. The van der Waals surface area contributed by atoms with Crippen LogP contribution in [-0.4, -0.2) is 11.5 Å². The van der Waals surface area contributed by atoms with Crippen LogP contribution in [0.1, 0.15) is 32.8 Å². The van der Waals surface area contributed by atoms with Gasteiger partial charge < -0.3 is 0 Å². The number of rotatable bonds is 3. The molecule has 0 atom stereocenters. The van der Waals surface area contributed by atoms with E-state index in [1.165, 1.54) is 13.0 Å². The van der Waals surface area contributed by atoms with Crippen molar-refractivity contribution in [2.45, 2.75) is 27.2 Å². The molecule has 1 aromatic rings. The van der Waals surface area contributed by atoms with Crippen LogP contribution in [0.3, 0.4) is 0 Å². The maximum Gasteiger partial charge on any atom is 0.161 e. The number of ketones is 1. The van der Waals surface area contributed by atoms with Gasteiger partial charge in [-0.2, -0.15) is 0 Å². The monoisotopic (exact) mass is 317 g/mol. The second kappa shape index (κ2) is 6.84. The van der Waals surface area contributed by atoms with Crippen LogP contribution < -0.4 is 0 Å². The second-order valence-corrected chi connectivity index (χ2v) is 5.61. The minimum Gasteiger partial charge on any atom is -0.294 e. The van der Waals surface area contributed by atoms with Crippen molar-refractivity contribution in [2.24, 2.45) is 4.99 Å². The fraction of sp³-hybridized carbons (Fsp3) is 0.222. The molecular formula is C18H17ClFNO. The zero-order valence-corrected chi connectivity index (χ0v) is 13.5. The first-order valence-corrected chi connectivity index (χ1v) is 7.36. The molecule has 0 saturated heterocycles. The standard InChI is InChI=1S/C18H17ClFNO/c1-11-6-4-9-17(14(10-11)13(3)22)21-12(2)18-15(19)7-5-8-16(18)20/h4-8,10H,9H2,1-3H3. The molecule has 1 aliphatic carbocycles. The summed E-state index contributed by atoms with van der Waals surface area (Å²) >= 11 is 6.07. The summed E-state index contributed by atoms with van der Waals surface area (Å²) in [6.07, 6.45) is 6.21. The van der Waals surface area contributed by atoms with E-state index >= 15 is 0 Å². The van der Waals surface area contributed by atoms with E-state index in [2.05, 4.69) is 4.99 Å². The molecule has 0 radical (unpaired) electrons. The van der Waals surface area contributed by atoms with Crippen LogP contribution in [0.4, 0.5) is 4.39 Å². The van der Waals surface area contributed by atoms with Crippen molar-refractivity contribution < 1.29 is 9.18 Å². The summed E-state index contributed by atoms with van der Waals surface area (Å²) in [4.78, 5) is 16.3. The van der Waals surface area contributed by atoms with Gasteiger partial charge in [-0.25, -0.2) is 4.39 Å². The van der Waals surface area contributed by atoms with Gasteiger partial charge in [0.05, 0.1) is 16.3 Å². The molecule has 0 saturated carbocycles. The number of Topliss-reactive ketones (excluding diaryl/α,β-unsaturated/α-hetero) is 1. The third kappa shape index (κ3) is 3.60. The van der Waals surface area contributed by atoms with Gasteiger partial charge in [0.25, 0.3) is 0 Å². The lowest BCUT2D eigenvalue weighted by atomic mass is 10.1. The highest BCUT2D eigenvalue weighted by molar-refractivity contribution is 6.34. The van der Waals surface area contributed by atoms with E-state index in [1.54, 1.807) is 25.1 Å². The molecule has 0 aromatic heterocycles. The molecule has 0 fully saturated rings. The fourth-order valence-corrected chi connectivity index (χ4v) is 2.64. The van der Waals surface area contributed by atoms with Gasteiger partial charge in [-0.05, 0) is 39.0 Å². The number of carbonyl (C=O) groups is 1. The van der Waals surface area contributed by atoms with Crippen molar-refractivity contribution in [2.75, 3.05) is 0 Å². The molecule has 0 spiro atoms. The first kappa shape index (κ1) is 16.4. The Hall–Kier alpha value is -2.00. The molecule has 114 valence electrons. The van der Waals surface area contributed by atoms with Gasteiger partial charge >= 0.3 is 0 Å². The molecule has 0 aliphatic heterocycles. The van der Waals surface area contributed by atoms with E-state index < -0.39 is 5.82 Å². The molecule has 0 amide bonds. The van der Waals surface area contributed by atoms with Gasteiger partial charge in [-0.15, -0.1) is 0 Å². The highest BCUT2D eigenvalue weighted by Crippen LogP contribution is 2.24. The maximum atomic E-state index is 14.0. The first-order chi connectivity index (χ1) is 10.4. The quantitative estimate of drug-likeness (QED) is 0.718. The normalized spacial score (nSPS) is 15.7. The lowest BCUT2D eigenvalue weighted by molar-refractivity contribution is -0.113. The van der Waals surface area contributed by atoms with Gasteiger partial charge in [0.2, 0.25) is 0 Å². The minimum absolute atomic E-state index is 0.0609. The predicted octanol–water partition coefficient (Wildman–Crippen LogP) is 5.04. The van der Waals surface area contributed by atoms with Crippen LogP contribution in [-0.2, 0) is 4.79 Å². The summed E-state index contributed by atoms with van der Waals surface area (Å²) in [6.45, 7) is 5.12. The zero-order chi connectivity index (χ0) is 16.3. The predicted molar refractivity (Wildman–Crippen MR) is 88.8 cm³/mol. The molecule has 0 N–H and O–H groups in total. The van der Waals surface area contributed by atoms with E-state index in [0.29, 0.717) is 28.4 Å². The van der Waals surface area contributed by atoms with E-state index in [0.717, 1.165) is 5.57 Å². The average molecular weight is 318 g/mol.